The van der Waals surface area contributed by atoms with Gasteiger partial charge in [0.15, 0.2) is 5.96 Å². The van der Waals surface area contributed by atoms with Gasteiger partial charge < -0.3 is 15.4 Å². The molecule has 25 heavy (non-hydrogen) atoms. The number of rotatable bonds is 9. The Labute approximate surface area is 168 Å². The minimum atomic E-state index is -4.27. The van der Waals surface area contributed by atoms with Crippen molar-refractivity contribution in [3.8, 4) is 0 Å². The third kappa shape index (κ3) is 13.2. The molecule has 1 unspecified atom stereocenters. The van der Waals surface area contributed by atoms with Gasteiger partial charge in [0.25, 0.3) is 0 Å². The number of hydrogen-bond acceptors (Lipinski definition) is 3. The van der Waals surface area contributed by atoms with Crippen LogP contribution in [-0.2, 0) is 4.74 Å². The number of nitrogens with one attached hydrogen (secondary N) is 2. The van der Waals surface area contributed by atoms with Gasteiger partial charge in [-0.2, -0.15) is 13.2 Å². The summed E-state index contributed by atoms with van der Waals surface area (Å²) >= 11 is 1.76. The number of thioether (sulfide) groups is 1. The number of halogens is 4. The highest BCUT2D eigenvalue weighted by Gasteiger charge is 2.27. The van der Waals surface area contributed by atoms with Gasteiger partial charge in [-0.3, -0.25) is 4.99 Å². The van der Waals surface area contributed by atoms with Crippen LogP contribution in [0.1, 0.15) is 13.3 Å². The van der Waals surface area contributed by atoms with E-state index in [1.165, 1.54) is 4.90 Å². The summed E-state index contributed by atoms with van der Waals surface area (Å²) in [6, 6.07) is 10.1. The molecule has 0 bridgehead atoms. The molecular weight excluding hydrogens is 466 g/mol. The van der Waals surface area contributed by atoms with Crippen molar-refractivity contribution in [3.63, 3.8) is 0 Å². The summed E-state index contributed by atoms with van der Waals surface area (Å²) in [5.41, 5.74) is 0. The third-order valence-electron chi connectivity index (χ3n) is 2.88. The maximum absolute atomic E-state index is 11.9. The van der Waals surface area contributed by atoms with Crippen molar-refractivity contribution in [1.29, 1.82) is 0 Å². The quantitative estimate of drug-likeness (QED) is 0.181. The molecule has 1 rings (SSSR count). The molecule has 144 valence electrons. The van der Waals surface area contributed by atoms with Gasteiger partial charge in [-0.05, 0) is 18.6 Å². The first kappa shape index (κ1) is 24.3. The zero-order chi connectivity index (χ0) is 17.8. The summed E-state index contributed by atoms with van der Waals surface area (Å²) in [4.78, 5) is 5.29. The SMILES string of the molecule is CN=C(NCCCOCC(F)(F)F)NCC(C)Sc1ccccc1.I. The summed E-state index contributed by atoms with van der Waals surface area (Å²) in [5.74, 6) is 0.631. The summed E-state index contributed by atoms with van der Waals surface area (Å²) in [6.07, 6.45) is -3.79. The highest BCUT2D eigenvalue weighted by molar-refractivity contribution is 14.0. The van der Waals surface area contributed by atoms with Crippen LogP contribution in [0.25, 0.3) is 0 Å². The summed E-state index contributed by atoms with van der Waals surface area (Å²) in [5, 5.41) is 6.60. The smallest absolute Gasteiger partial charge is 0.372 e. The van der Waals surface area contributed by atoms with Crippen molar-refractivity contribution in [2.24, 2.45) is 4.99 Å². The fraction of sp³-hybridized carbons (Fsp3) is 0.562. The van der Waals surface area contributed by atoms with Crippen LogP contribution in [-0.4, -0.2) is 50.7 Å². The number of aliphatic imine (C=N–C) groups is 1. The maximum atomic E-state index is 11.9. The monoisotopic (exact) mass is 491 g/mol. The summed E-state index contributed by atoms with van der Waals surface area (Å²) in [6.45, 7) is 2.20. The Morgan fingerprint density at radius 1 is 1.24 bits per heavy atom. The Hall–Kier alpha value is -0.680. The van der Waals surface area contributed by atoms with E-state index >= 15 is 0 Å². The van der Waals surface area contributed by atoms with E-state index in [-0.39, 0.29) is 30.6 Å². The topological polar surface area (TPSA) is 45.7 Å². The van der Waals surface area contributed by atoms with E-state index < -0.39 is 12.8 Å². The van der Waals surface area contributed by atoms with E-state index in [9.17, 15) is 13.2 Å². The van der Waals surface area contributed by atoms with Crippen LogP contribution in [0, 0.1) is 0 Å². The van der Waals surface area contributed by atoms with Gasteiger partial charge in [0, 0.05) is 36.9 Å². The second kappa shape index (κ2) is 13.5. The first-order chi connectivity index (χ1) is 11.4. The lowest BCUT2D eigenvalue weighted by Gasteiger charge is -2.16. The molecule has 0 saturated heterocycles. The van der Waals surface area contributed by atoms with Crippen molar-refractivity contribution in [3.05, 3.63) is 30.3 Å². The molecule has 0 spiro atoms. The Morgan fingerprint density at radius 2 is 1.92 bits per heavy atom. The normalized spacial score (nSPS) is 13.1. The molecule has 0 saturated carbocycles. The zero-order valence-corrected chi connectivity index (χ0v) is 17.5. The lowest BCUT2D eigenvalue weighted by atomic mass is 10.4. The number of nitrogens with zero attached hydrogens (tertiary/aromatic N) is 1. The van der Waals surface area contributed by atoms with Crippen molar-refractivity contribution < 1.29 is 17.9 Å². The first-order valence-electron chi connectivity index (χ1n) is 7.71. The fourth-order valence-electron chi connectivity index (χ4n) is 1.80. The van der Waals surface area contributed by atoms with Gasteiger partial charge in [-0.25, -0.2) is 0 Å². The molecule has 0 heterocycles. The summed E-state index contributed by atoms with van der Waals surface area (Å²) in [7, 11) is 1.66. The van der Waals surface area contributed by atoms with Gasteiger partial charge in [-0.15, -0.1) is 35.7 Å². The number of benzene rings is 1. The molecule has 2 N–H and O–H groups in total. The van der Waals surface area contributed by atoms with E-state index in [1.807, 2.05) is 18.2 Å². The van der Waals surface area contributed by atoms with Crippen LogP contribution in [0.5, 0.6) is 0 Å². The van der Waals surface area contributed by atoms with Gasteiger partial charge in [0.1, 0.15) is 6.61 Å². The minimum Gasteiger partial charge on any atom is -0.372 e. The van der Waals surface area contributed by atoms with Crippen LogP contribution in [0.3, 0.4) is 0 Å². The molecule has 1 aromatic rings. The number of ether oxygens (including phenoxy) is 1. The third-order valence-corrected chi connectivity index (χ3v) is 4.00. The number of hydrogen-bond donors (Lipinski definition) is 2. The van der Waals surface area contributed by atoms with Crippen molar-refractivity contribution in [2.75, 3.05) is 33.4 Å². The lowest BCUT2D eigenvalue weighted by molar-refractivity contribution is -0.173. The molecule has 0 radical (unpaired) electrons. The summed E-state index contributed by atoms with van der Waals surface area (Å²) < 4.78 is 40.3. The van der Waals surface area contributed by atoms with Gasteiger partial charge in [0.05, 0.1) is 0 Å². The Bertz CT molecular complexity index is 489. The Kier molecular flexibility index (Phi) is 13.1. The van der Waals surface area contributed by atoms with Crippen molar-refractivity contribution in [2.45, 2.75) is 29.7 Å². The predicted octanol–water partition coefficient (Wildman–Crippen LogP) is 3.92. The van der Waals surface area contributed by atoms with Crippen LogP contribution >= 0.6 is 35.7 Å². The first-order valence-corrected chi connectivity index (χ1v) is 8.59. The fourth-order valence-corrected chi connectivity index (χ4v) is 2.75. The molecule has 9 heteroatoms. The second-order valence-corrected chi connectivity index (χ2v) is 6.65. The van der Waals surface area contributed by atoms with E-state index in [4.69, 9.17) is 0 Å². The number of alkyl halides is 3. The highest BCUT2D eigenvalue weighted by Crippen LogP contribution is 2.21. The van der Waals surface area contributed by atoms with E-state index in [0.717, 1.165) is 6.54 Å². The zero-order valence-electron chi connectivity index (χ0n) is 14.3. The van der Waals surface area contributed by atoms with Crippen molar-refractivity contribution >= 4 is 41.7 Å². The molecule has 4 nitrogen and oxygen atoms in total. The predicted molar refractivity (Wildman–Crippen MR) is 108 cm³/mol. The Balaban J connectivity index is 0.00000576. The average Bonchev–Trinajstić information content (AvgIpc) is 2.53. The average molecular weight is 491 g/mol. The molecule has 0 aromatic heterocycles. The molecule has 0 fully saturated rings. The number of guanidine groups is 1. The lowest BCUT2D eigenvalue weighted by Crippen LogP contribution is -2.40. The second-order valence-electron chi connectivity index (χ2n) is 5.14. The van der Waals surface area contributed by atoms with Gasteiger partial charge in [0.2, 0.25) is 0 Å². The van der Waals surface area contributed by atoms with Crippen LogP contribution in [0.4, 0.5) is 13.2 Å². The highest BCUT2D eigenvalue weighted by atomic mass is 127. The Morgan fingerprint density at radius 3 is 2.52 bits per heavy atom. The van der Waals surface area contributed by atoms with Crippen LogP contribution in [0.2, 0.25) is 0 Å². The molecule has 0 aliphatic heterocycles. The van der Waals surface area contributed by atoms with E-state index in [1.54, 1.807) is 18.8 Å². The van der Waals surface area contributed by atoms with Crippen LogP contribution < -0.4 is 10.6 Å². The van der Waals surface area contributed by atoms with Gasteiger partial charge in [-0.1, -0.05) is 25.1 Å². The molecular formula is C16H25F3IN3OS. The van der Waals surface area contributed by atoms with Crippen molar-refractivity contribution in [1.82, 2.24) is 10.6 Å². The molecule has 0 amide bonds. The standard InChI is InChI=1S/C16H24F3N3OS.HI/c1-13(24-14-7-4-3-5-8-14)11-22-15(20-2)21-9-6-10-23-12-16(17,18)19;/h3-5,7-8,13H,6,9-12H2,1-2H3,(H2,20,21,22);1H. The largest absolute Gasteiger partial charge is 0.411 e. The molecule has 0 aliphatic rings. The van der Waals surface area contributed by atoms with Crippen LogP contribution in [0.15, 0.2) is 40.2 Å². The minimum absolute atomic E-state index is 0. The molecule has 1 aromatic carbocycles. The van der Waals surface area contributed by atoms with E-state index in [2.05, 4.69) is 39.4 Å². The molecule has 1 atom stereocenters. The molecule has 0 aliphatic carbocycles. The van der Waals surface area contributed by atoms with E-state index in [0.29, 0.717) is 24.2 Å². The maximum Gasteiger partial charge on any atom is 0.411 e. The van der Waals surface area contributed by atoms with Gasteiger partial charge >= 0.3 is 6.18 Å².